The number of carbonyl (C=O) groups is 1. The fourth-order valence-corrected chi connectivity index (χ4v) is 1.81. The van der Waals surface area contributed by atoms with Crippen LogP contribution in [0.4, 0.5) is 13.2 Å². The monoisotopic (exact) mass is 328 g/mol. The molecule has 0 spiro atoms. The summed E-state index contributed by atoms with van der Waals surface area (Å²) in [6, 6.07) is 6.56. The molecule has 0 aliphatic rings. The smallest absolute Gasteiger partial charge is 0.466 e. The highest BCUT2D eigenvalue weighted by atomic mass is 19.4. The number of esters is 1. The molecule has 0 unspecified atom stereocenters. The van der Waals surface area contributed by atoms with Crippen molar-refractivity contribution in [2.45, 2.75) is 32.4 Å². The van der Waals surface area contributed by atoms with E-state index in [0.717, 1.165) is 12.0 Å². The first-order valence-electron chi connectivity index (χ1n) is 7.06. The average molecular weight is 328 g/mol. The second kappa shape index (κ2) is 7.26. The average Bonchev–Trinajstić information content (AvgIpc) is 3.01. The van der Waals surface area contributed by atoms with E-state index < -0.39 is 12.1 Å². The summed E-state index contributed by atoms with van der Waals surface area (Å²) in [6.45, 7) is 2.31. The van der Waals surface area contributed by atoms with Gasteiger partial charge in [-0.05, 0) is 18.4 Å². The zero-order valence-corrected chi connectivity index (χ0v) is 12.4. The van der Waals surface area contributed by atoms with E-state index in [4.69, 9.17) is 4.74 Å². The van der Waals surface area contributed by atoms with Crippen LogP contribution in [0.1, 0.15) is 31.2 Å². The number of hydrogen-bond donors (Lipinski definition) is 0. The summed E-state index contributed by atoms with van der Waals surface area (Å²) in [7, 11) is 0. The Morgan fingerprint density at radius 2 is 1.96 bits per heavy atom. The molecular formula is C15H15F3N2O3. The van der Waals surface area contributed by atoms with Crippen molar-refractivity contribution in [3.05, 3.63) is 35.7 Å². The molecule has 0 fully saturated rings. The first kappa shape index (κ1) is 17.0. The maximum absolute atomic E-state index is 12.4. The molecule has 0 atom stereocenters. The van der Waals surface area contributed by atoms with Crippen LogP contribution in [0.3, 0.4) is 0 Å². The zero-order valence-electron chi connectivity index (χ0n) is 12.4. The summed E-state index contributed by atoms with van der Waals surface area (Å²) < 4.78 is 46.4. The molecule has 0 saturated heterocycles. The predicted octanol–water partition coefficient (Wildman–Crippen LogP) is 3.64. The van der Waals surface area contributed by atoms with E-state index in [1.165, 1.54) is 0 Å². The number of carbonyl (C=O) groups excluding carboxylic acids is 1. The third-order valence-electron chi connectivity index (χ3n) is 2.97. The first-order valence-corrected chi connectivity index (χ1v) is 7.06. The normalized spacial score (nSPS) is 11.5. The van der Waals surface area contributed by atoms with Crippen LogP contribution < -0.4 is 0 Å². The Balaban J connectivity index is 1.97. The first-order chi connectivity index (χ1) is 10.9. The number of rotatable bonds is 6. The van der Waals surface area contributed by atoms with E-state index in [9.17, 15) is 18.0 Å². The van der Waals surface area contributed by atoms with Gasteiger partial charge in [0.25, 0.3) is 0 Å². The summed E-state index contributed by atoms with van der Waals surface area (Å²) in [6.07, 6.45) is -3.16. The summed E-state index contributed by atoms with van der Waals surface area (Å²) in [5.74, 6) is -1.79. The molecule has 2 rings (SSSR count). The molecule has 0 N–H and O–H groups in total. The van der Waals surface area contributed by atoms with Gasteiger partial charge in [0.15, 0.2) is 0 Å². The maximum Gasteiger partial charge on any atom is 0.471 e. The van der Waals surface area contributed by atoms with Gasteiger partial charge in [0.1, 0.15) is 0 Å². The number of benzene rings is 1. The van der Waals surface area contributed by atoms with Crippen molar-refractivity contribution in [1.29, 1.82) is 0 Å². The Labute approximate surface area is 130 Å². The Hall–Kier alpha value is -2.38. The number of aromatic nitrogens is 2. The van der Waals surface area contributed by atoms with Gasteiger partial charge in [0, 0.05) is 12.0 Å². The van der Waals surface area contributed by atoms with E-state index in [1.54, 1.807) is 24.3 Å². The zero-order chi connectivity index (χ0) is 16.9. The molecule has 1 aromatic carbocycles. The van der Waals surface area contributed by atoms with Gasteiger partial charge < -0.3 is 9.26 Å². The molecular weight excluding hydrogens is 313 g/mol. The highest BCUT2D eigenvalue weighted by Gasteiger charge is 2.38. The van der Waals surface area contributed by atoms with Crippen molar-refractivity contribution in [2.75, 3.05) is 6.61 Å². The molecule has 5 nitrogen and oxygen atoms in total. The Kier molecular flexibility index (Phi) is 5.36. The molecule has 0 amide bonds. The molecule has 0 radical (unpaired) electrons. The highest BCUT2D eigenvalue weighted by molar-refractivity contribution is 5.69. The molecule has 2 aromatic rings. The van der Waals surface area contributed by atoms with Gasteiger partial charge in [0.05, 0.1) is 6.61 Å². The van der Waals surface area contributed by atoms with Crippen LogP contribution in [0.5, 0.6) is 0 Å². The van der Waals surface area contributed by atoms with Crippen molar-refractivity contribution in [3.8, 4) is 11.4 Å². The van der Waals surface area contributed by atoms with Gasteiger partial charge in [0.2, 0.25) is 5.82 Å². The third-order valence-corrected chi connectivity index (χ3v) is 2.97. The van der Waals surface area contributed by atoms with Crippen molar-refractivity contribution >= 4 is 5.97 Å². The van der Waals surface area contributed by atoms with Gasteiger partial charge in [-0.15, -0.1) is 0 Å². The second-order valence-corrected chi connectivity index (χ2v) is 4.84. The molecule has 0 bridgehead atoms. The summed E-state index contributed by atoms with van der Waals surface area (Å²) in [4.78, 5) is 14.7. The molecule has 23 heavy (non-hydrogen) atoms. The maximum atomic E-state index is 12.4. The fraction of sp³-hybridized carbons (Fsp3) is 0.400. The Bertz CT molecular complexity index is 651. The highest BCUT2D eigenvalue weighted by Crippen LogP contribution is 2.29. The minimum absolute atomic E-state index is 0.133. The van der Waals surface area contributed by atoms with E-state index >= 15 is 0 Å². The van der Waals surface area contributed by atoms with Gasteiger partial charge >= 0.3 is 18.0 Å². The van der Waals surface area contributed by atoms with Crippen LogP contribution in [-0.4, -0.2) is 22.7 Å². The minimum atomic E-state index is -4.66. The topological polar surface area (TPSA) is 65.2 Å². The van der Waals surface area contributed by atoms with E-state index in [2.05, 4.69) is 14.7 Å². The van der Waals surface area contributed by atoms with Crippen molar-refractivity contribution in [3.63, 3.8) is 0 Å². The van der Waals surface area contributed by atoms with Gasteiger partial charge in [-0.2, -0.15) is 18.2 Å². The molecule has 1 heterocycles. The lowest BCUT2D eigenvalue weighted by atomic mass is 10.1. The number of alkyl halides is 3. The second-order valence-electron chi connectivity index (χ2n) is 4.84. The fourth-order valence-electron chi connectivity index (χ4n) is 1.81. The lowest BCUT2D eigenvalue weighted by Gasteiger charge is -2.03. The van der Waals surface area contributed by atoms with E-state index in [1.807, 2.05) is 6.92 Å². The van der Waals surface area contributed by atoms with Crippen LogP contribution in [0.15, 0.2) is 28.8 Å². The van der Waals surface area contributed by atoms with Crippen LogP contribution >= 0.6 is 0 Å². The van der Waals surface area contributed by atoms with Crippen LogP contribution in [0.2, 0.25) is 0 Å². The van der Waals surface area contributed by atoms with Crippen molar-refractivity contribution < 1.29 is 27.2 Å². The number of hydrogen-bond acceptors (Lipinski definition) is 5. The third kappa shape index (κ3) is 4.80. The quantitative estimate of drug-likeness (QED) is 0.758. The van der Waals surface area contributed by atoms with Crippen molar-refractivity contribution in [1.82, 2.24) is 10.1 Å². The Morgan fingerprint density at radius 1 is 1.26 bits per heavy atom. The molecule has 8 heteroatoms. The minimum Gasteiger partial charge on any atom is -0.466 e. The van der Waals surface area contributed by atoms with Crippen LogP contribution in [0.25, 0.3) is 11.4 Å². The van der Waals surface area contributed by atoms with Gasteiger partial charge in [-0.1, -0.05) is 36.3 Å². The molecule has 0 aliphatic heterocycles. The van der Waals surface area contributed by atoms with E-state index in [-0.39, 0.29) is 18.2 Å². The molecule has 0 saturated carbocycles. The van der Waals surface area contributed by atoms with Crippen LogP contribution in [0, 0.1) is 0 Å². The standard InChI is InChI=1S/C15H15F3N2O3/c1-2-9-22-12(21)8-5-10-3-6-11(7-4-10)13-19-14(23-20-13)15(16,17)18/h3-4,6-7H,2,5,8-9H2,1H3. The number of halogens is 3. The number of aryl methyl sites for hydroxylation is 1. The molecule has 1 aromatic heterocycles. The Morgan fingerprint density at radius 3 is 2.52 bits per heavy atom. The SMILES string of the molecule is CCCOC(=O)CCc1ccc(-c2noc(C(F)(F)F)n2)cc1. The van der Waals surface area contributed by atoms with Gasteiger partial charge in [-0.25, -0.2) is 0 Å². The van der Waals surface area contributed by atoms with Crippen LogP contribution in [-0.2, 0) is 22.1 Å². The van der Waals surface area contributed by atoms with Crippen molar-refractivity contribution in [2.24, 2.45) is 0 Å². The summed E-state index contributed by atoms with van der Waals surface area (Å²) in [5, 5.41) is 3.31. The number of nitrogens with zero attached hydrogens (tertiary/aromatic N) is 2. The van der Waals surface area contributed by atoms with E-state index in [0.29, 0.717) is 18.6 Å². The number of ether oxygens (including phenoxy) is 1. The molecule has 124 valence electrons. The largest absolute Gasteiger partial charge is 0.471 e. The lowest BCUT2D eigenvalue weighted by Crippen LogP contribution is -2.06. The van der Waals surface area contributed by atoms with Gasteiger partial charge in [-0.3, -0.25) is 4.79 Å². The predicted molar refractivity (Wildman–Crippen MR) is 74.3 cm³/mol. The lowest BCUT2D eigenvalue weighted by molar-refractivity contribution is -0.159. The summed E-state index contributed by atoms with van der Waals surface area (Å²) >= 11 is 0. The summed E-state index contributed by atoms with van der Waals surface area (Å²) in [5.41, 5.74) is 1.27. The molecule has 0 aliphatic carbocycles.